The van der Waals surface area contributed by atoms with Crippen molar-refractivity contribution >= 4 is 72.9 Å². The third-order valence-electron chi connectivity index (χ3n) is 13.7. The van der Waals surface area contributed by atoms with Crippen LogP contribution in [0.5, 0.6) is 0 Å². The molecule has 0 spiro atoms. The van der Waals surface area contributed by atoms with Crippen molar-refractivity contribution in [1.82, 2.24) is 9.13 Å². The van der Waals surface area contributed by atoms with Crippen molar-refractivity contribution in [2.75, 3.05) is 5.32 Å². The minimum absolute atomic E-state index is 0. The van der Waals surface area contributed by atoms with Crippen LogP contribution in [0.2, 0.25) is 0 Å². The van der Waals surface area contributed by atoms with Crippen LogP contribution in [0.25, 0.3) is 44.8 Å². The Labute approximate surface area is 503 Å². The van der Waals surface area contributed by atoms with E-state index in [-0.39, 0.29) is 87.1 Å². The molecule has 81 heavy (non-hydrogen) atoms. The third-order valence-corrected chi connectivity index (χ3v) is 13.7. The first-order valence-corrected chi connectivity index (χ1v) is 27.1. The van der Waals surface area contributed by atoms with Crippen LogP contribution in [0.15, 0.2) is 187 Å². The van der Waals surface area contributed by atoms with Crippen molar-refractivity contribution in [2.45, 2.75) is 116 Å². The van der Waals surface area contributed by atoms with Gasteiger partial charge in [-0.05, 0) is 89.9 Å². The molecule has 4 atom stereocenters. The van der Waals surface area contributed by atoms with E-state index in [1.807, 2.05) is 198 Å². The second-order valence-corrected chi connectivity index (χ2v) is 20.5. The van der Waals surface area contributed by atoms with E-state index >= 15 is 0 Å². The summed E-state index contributed by atoms with van der Waals surface area (Å²) in [5, 5.41) is 78.5. The number of hydrogen-bond donors (Lipinski definition) is 6. The molecule has 8 aromatic rings. The second kappa shape index (κ2) is 30.6. The molecule has 15 heteroatoms. The Morgan fingerprint density at radius 3 is 1.25 bits per heavy atom. The molecule has 14 nitrogen and oxygen atoms in total. The van der Waals surface area contributed by atoms with Crippen LogP contribution in [0.1, 0.15) is 105 Å². The van der Waals surface area contributed by atoms with Crippen LogP contribution in [0.4, 0.5) is 11.4 Å². The number of amides is 1. The van der Waals surface area contributed by atoms with Gasteiger partial charge in [0.25, 0.3) is 5.91 Å². The molecule has 0 fully saturated rings. The molecule has 0 radical (unpaired) electrons. The molecule has 6 aromatic carbocycles. The zero-order chi connectivity index (χ0) is 57.3. The van der Waals surface area contributed by atoms with Crippen LogP contribution in [0.3, 0.4) is 0 Å². The summed E-state index contributed by atoms with van der Waals surface area (Å²) in [6, 6.07) is 57.7. The predicted molar refractivity (Wildman–Crippen MR) is 316 cm³/mol. The van der Waals surface area contributed by atoms with Gasteiger partial charge in [0, 0.05) is 59.2 Å². The van der Waals surface area contributed by atoms with Crippen molar-refractivity contribution in [3.05, 3.63) is 205 Å². The molecule has 2 aromatic heterocycles. The van der Waals surface area contributed by atoms with Crippen molar-refractivity contribution in [3.8, 4) is 44.8 Å². The van der Waals surface area contributed by atoms with E-state index in [0.717, 1.165) is 56.2 Å². The number of para-hydroxylation sites is 2. The molecule has 2 heterocycles. The van der Waals surface area contributed by atoms with Crippen LogP contribution >= 0.6 is 0 Å². The first-order chi connectivity index (χ1) is 38.5. The van der Waals surface area contributed by atoms with E-state index < -0.39 is 49.2 Å². The number of aliphatic hydroxyl groups is 4. The zero-order valence-electron chi connectivity index (χ0n) is 46.3. The molecule has 0 saturated carbocycles. The summed E-state index contributed by atoms with van der Waals surface area (Å²) in [6.45, 7) is 8.85. The van der Waals surface area contributed by atoms with Gasteiger partial charge in [-0.3, -0.25) is 14.6 Å². The Morgan fingerprint density at radius 1 is 0.494 bits per heavy atom. The summed E-state index contributed by atoms with van der Waals surface area (Å²) >= 11 is 0. The molecular weight excluding hydrogens is 1050 g/mol. The van der Waals surface area contributed by atoms with Gasteiger partial charge in [0.05, 0.1) is 53.5 Å². The van der Waals surface area contributed by atoms with Crippen LogP contribution < -0.4 is 15.5 Å². The number of aliphatic hydroxyl groups excluding tert-OH is 4. The second-order valence-electron chi connectivity index (χ2n) is 20.5. The average Bonchev–Trinajstić information content (AvgIpc) is 4.19. The van der Waals surface area contributed by atoms with Gasteiger partial charge >= 0.3 is 43.7 Å². The predicted octanol–water partition coefficient (Wildman–Crippen LogP) is 9.82. The number of carboxylic acids is 2. The van der Waals surface area contributed by atoms with E-state index in [0.29, 0.717) is 35.6 Å². The van der Waals surface area contributed by atoms with E-state index in [2.05, 4.69) is 19.4 Å². The fourth-order valence-electron chi connectivity index (χ4n) is 10.3. The van der Waals surface area contributed by atoms with E-state index in [9.17, 15) is 45.0 Å². The fourth-order valence-corrected chi connectivity index (χ4v) is 10.3. The maximum absolute atomic E-state index is 14.1. The summed E-state index contributed by atoms with van der Waals surface area (Å²) in [5.74, 6) is -3.15. The molecule has 6 N–H and O–H groups in total. The molecule has 0 aliphatic heterocycles. The average molecular weight is 1120 g/mol. The number of aliphatic carboxylic acids is 2. The van der Waals surface area contributed by atoms with Gasteiger partial charge in [-0.25, -0.2) is 0 Å². The topological polar surface area (TPSA) is 233 Å². The normalized spacial score (nSPS) is 12.9. The van der Waals surface area contributed by atoms with Gasteiger partial charge < -0.3 is 55.0 Å². The number of benzene rings is 6. The van der Waals surface area contributed by atoms with Crippen LogP contribution in [0, 0.1) is 0 Å². The Morgan fingerprint density at radius 2 is 0.852 bits per heavy atom. The van der Waals surface area contributed by atoms with Gasteiger partial charge in [-0.2, -0.15) is 0 Å². The van der Waals surface area contributed by atoms with Gasteiger partial charge in [0.1, 0.15) is 0 Å². The maximum atomic E-state index is 14.1. The quantitative estimate of drug-likeness (QED) is 0.0190. The van der Waals surface area contributed by atoms with Gasteiger partial charge in [0.2, 0.25) is 0 Å². The van der Waals surface area contributed by atoms with Gasteiger partial charge in [-0.1, -0.05) is 185 Å². The Kier molecular flexibility index (Phi) is 23.8. The number of hydrogen-bond acceptors (Lipinski definition) is 10. The van der Waals surface area contributed by atoms with Crippen LogP contribution in [-0.4, -0.2) is 121 Å². The summed E-state index contributed by atoms with van der Waals surface area (Å²) in [5.41, 5.74) is 10.9. The van der Waals surface area contributed by atoms with Crippen molar-refractivity contribution in [2.24, 2.45) is 4.99 Å². The third kappa shape index (κ3) is 17.0. The largest absolute Gasteiger partial charge is 2.00 e. The Hall–Kier alpha value is -7.14. The summed E-state index contributed by atoms with van der Waals surface area (Å²) < 4.78 is 4.18. The number of nitrogens with one attached hydrogen (secondary N) is 1. The van der Waals surface area contributed by atoms with Crippen LogP contribution in [-0.2, 0) is 22.7 Å². The fraction of sp³-hybridized carbons (Fsp3) is 0.273. The summed E-state index contributed by atoms with van der Waals surface area (Å²) in [4.78, 5) is 40.4. The van der Waals surface area contributed by atoms with E-state index in [4.69, 9.17) is 5.11 Å². The van der Waals surface area contributed by atoms with Gasteiger partial charge in [-0.15, -0.1) is 0 Å². The molecule has 8 rings (SSSR count). The number of carboxylic acid groups (broad SMARTS) is 2. The molecule has 0 aliphatic carbocycles. The molecule has 416 valence electrons. The number of nitrogens with zero attached hydrogens (tertiary/aromatic N) is 3. The number of aromatic nitrogens is 2. The number of aliphatic imine (C=N–C) groups is 1. The molecule has 1 amide bonds. The first kappa shape index (κ1) is 63.0. The Balaban J connectivity index is 0.000000258. The van der Waals surface area contributed by atoms with Crippen molar-refractivity contribution < 1.29 is 50.1 Å². The smallest absolute Gasteiger partial charge is 0.858 e. The standard InChI is InChI=1S/2C33H36N2O5.Ca/c2*1-22(2)31-30(33(40)34-25-16-10-5-11-17-25)29(23-12-6-3-7-13-23)32(24-14-8-4-9-15-24)35(31)19-18-26(36)20-27(37)21-28(38)39;/h2*3-17,22,26-27,36-37H,18-21H2,1-2H3,(H,34,40)(H,38,39);/q;;+2/p-2. The number of anilines is 1. The molecular formula is C66H70CaN4O10. The SMILES string of the molecule is CC(C)c1c(C(=O)Nc2ccccc2)c(-c2ccccc2)c(-c2ccccc2)n1CCC(O)CC(O)CC(=O)O.CC(C)c1c(C([O-])=Nc2ccccc2)c(-c2ccccc2)c(-c2ccccc2)n1CCC(O)CC(O)CC(=O)[O-].[Ca+2]. The molecule has 4 unspecified atom stereocenters. The van der Waals surface area contributed by atoms with Gasteiger partial charge in [0.15, 0.2) is 0 Å². The van der Waals surface area contributed by atoms with E-state index in [1.165, 1.54) is 0 Å². The molecule has 0 aliphatic rings. The Bertz CT molecular complexity index is 3300. The number of rotatable bonds is 24. The monoisotopic (exact) mass is 1120 g/mol. The number of carbonyl (C=O) groups excluding carboxylic acids is 2. The van der Waals surface area contributed by atoms with Crippen molar-refractivity contribution in [1.29, 1.82) is 0 Å². The van der Waals surface area contributed by atoms with Crippen molar-refractivity contribution in [3.63, 3.8) is 0 Å². The molecule has 0 saturated heterocycles. The minimum Gasteiger partial charge on any atom is -0.858 e. The summed E-state index contributed by atoms with van der Waals surface area (Å²) in [6.07, 6.45) is -4.77. The summed E-state index contributed by atoms with van der Waals surface area (Å²) in [7, 11) is 0. The first-order valence-electron chi connectivity index (χ1n) is 27.1. The zero-order valence-corrected chi connectivity index (χ0v) is 48.5. The minimum atomic E-state index is -1.36. The number of carbonyl (C=O) groups is 3. The molecule has 0 bridgehead atoms. The maximum Gasteiger partial charge on any atom is 2.00 e. The van der Waals surface area contributed by atoms with E-state index in [1.54, 1.807) is 12.1 Å².